The first-order valence-corrected chi connectivity index (χ1v) is 8.71. The van der Waals surface area contributed by atoms with Gasteiger partial charge in [-0.2, -0.15) is 0 Å². The summed E-state index contributed by atoms with van der Waals surface area (Å²) in [7, 11) is 4.10. The van der Waals surface area contributed by atoms with Crippen molar-refractivity contribution in [2.24, 2.45) is 5.73 Å². The zero-order valence-corrected chi connectivity index (χ0v) is 16.0. The molecule has 3 aromatic rings. The van der Waals surface area contributed by atoms with E-state index in [1.807, 2.05) is 0 Å². The Morgan fingerprint density at radius 3 is 2.59 bits per heavy atom. The second kappa shape index (κ2) is 9.96. The summed E-state index contributed by atoms with van der Waals surface area (Å²) in [6, 6.07) is 6.00. The molecular formula is C18H23ClFN7. The Labute approximate surface area is 162 Å². The van der Waals surface area contributed by atoms with E-state index < -0.39 is 5.82 Å². The molecule has 0 bridgehead atoms. The highest BCUT2D eigenvalue weighted by atomic mass is 35.5. The van der Waals surface area contributed by atoms with Crippen molar-refractivity contribution in [1.82, 2.24) is 19.9 Å². The smallest absolute Gasteiger partial charge is 0.141 e. The molecule has 0 atom stereocenters. The van der Waals surface area contributed by atoms with E-state index in [9.17, 15) is 4.39 Å². The first-order chi connectivity index (χ1) is 12.9. The van der Waals surface area contributed by atoms with Crippen LogP contribution in [-0.2, 0) is 0 Å². The molecule has 7 nitrogen and oxygen atoms in total. The standard InChI is InChI=1S/C13H9ClFN5.C5H14N2/c14-9-3-7(1-2-10(9)15)20-13-8-4-12(16)17-5-11(8)18-6-19-13;1-7(2)5-3-4-6/h1-6H,(H2,16,17)(H,18,19,20);3-6H2,1-2H3. The highest BCUT2D eigenvalue weighted by Crippen LogP contribution is 2.26. The number of hydrogen-bond donors (Lipinski definition) is 3. The number of fused-ring (bicyclic) bond motifs is 1. The minimum atomic E-state index is -0.474. The fourth-order valence-corrected chi connectivity index (χ4v) is 2.37. The van der Waals surface area contributed by atoms with E-state index in [-0.39, 0.29) is 5.02 Å². The molecule has 0 radical (unpaired) electrons. The highest BCUT2D eigenvalue weighted by molar-refractivity contribution is 6.31. The lowest BCUT2D eigenvalue weighted by Gasteiger charge is -2.09. The van der Waals surface area contributed by atoms with Gasteiger partial charge in [0.2, 0.25) is 0 Å². The maximum Gasteiger partial charge on any atom is 0.141 e. The molecule has 0 saturated carbocycles. The van der Waals surface area contributed by atoms with Gasteiger partial charge >= 0.3 is 0 Å². The molecular weight excluding hydrogens is 369 g/mol. The summed E-state index contributed by atoms with van der Waals surface area (Å²) in [5.41, 5.74) is 12.2. The van der Waals surface area contributed by atoms with Gasteiger partial charge in [0, 0.05) is 11.1 Å². The molecule has 144 valence electrons. The van der Waals surface area contributed by atoms with Crippen LogP contribution in [-0.4, -0.2) is 47.0 Å². The fraction of sp³-hybridized carbons (Fsp3) is 0.278. The predicted molar refractivity (Wildman–Crippen MR) is 109 cm³/mol. The number of benzene rings is 1. The molecule has 0 fully saturated rings. The molecule has 1 aromatic carbocycles. The van der Waals surface area contributed by atoms with Gasteiger partial charge in [0.25, 0.3) is 0 Å². The number of anilines is 3. The summed E-state index contributed by atoms with van der Waals surface area (Å²) in [6.07, 6.45) is 4.08. The molecule has 0 saturated heterocycles. The molecule has 9 heteroatoms. The minimum Gasteiger partial charge on any atom is -0.384 e. The minimum absolute atomic E-state index is 0.0366. The molecule has 2 aromatic heterocycles. The Bertz CT molecular complexity index is 889. The lowest BCUT2D eigenvalue weighted by molar-refractivity contribution is 0.403. The van der Waals surface area contributed by atoms with Crippen LogP contribution >= 0.6 is 11.6 Å². The van der Waals surface area contributed by atoms with Gasteiger partial charge in [0.05, 0.1) is 16.7 Å². The van der Waals surface area contributed by atoms with Gasteiger partial charge in [-0.3, -0.25) is 0 Å². The van der Waals surface area contributed by atoms with Crippen LogP contribution in [0.3, 0.4) is 0 Å². The monoisotopic (exact) mass is 391 g/mol. The van der Waals surface area contributed by atoms with Crippen molar-refractivity contribution in [2.75, 3.05) is 38.2 Å². The van der Waals surface area contributed by atoms with Gasteiger partial charge in [0.15, 0.2) is 0 Å². The lowest BCUT2D eigenvalue weighted by atomic mass is 10.2. The van der Waals surface area contributed by atoms with Crippen molar-refractivity contribution in [3.63, 3.8) is 0 Å². The molecule has 0 amide bonds. The third-order valence-corrected chi connectivity index (χ3v) is 3.82. The van der Waals surface area contributed by atoms with Gasteiger partial charge in [-0.25, -0.2) is 19.3 Å². The number of halogens is 2. The van der Waals surface area contributed by atoms with Crippen LogP contribution in [0.1, 0.15) is 6.42 Å². The van der Waals surface area contributed by atoms with Crippen molar-refractivity contribution in [2.45, 2.75) is 6.42 Å². The van der Waals surface area contributed by atoms with Gasteiger partial charge in [0.1, 0.15) is 23.8 Å². The Kier molecular flexibility index (Phi) is 7.66. The SMILES string of the molecule is CN(C)CCCN.Nc1cc2c(Nc3ccc(F)c(Cl)c3)ncnc2cn1. The summed E-state index contributed by atoms with van der Waals surface area (Å²) in [5.74, 6) is 0.442. The molecule has 0 aliphatic heterocycles. The lowest BCUT2D eigenvalue weighted by Crippen LogP contribution is -2.16. The Morgan fingerprint density at radius 1 is 1.19 bits per heavy atom. The van der Waals surface area contributed by atoms with Gasteiger partial charge < -0.3 is 21.7 Å². The van der Waals surface area contributed by atoms with Crippen molar-refractivity contribution in [3.05, 3.63) is 47.6 Å². The molecule has 0 spiro atoms. The molecule has 0 aliphatic carbocycles. The Hall–Kier alpha value is -2.55. The number of hydrogen-bond acceptors (Lipinski definition) is 7. The van der Waals surface area contributed by atoms with Crippen LogP contribution in [0.25, 0.3) is 10.9 Å². The van der Waals surface area contributed by atoms with E-state index >= 15 is 0 Å². The van der Waals surface area contributed by atoms with E-state index in [0.717, 1.165) is 24.9 Å². The average molecular weight is 392 g/mol. The summed E-state index contributed by atoms with van der Waals surface area (Å²) in [5, 5.41) is 3.82. The predicted octanol–water partition coefficient (Wildman–Crippen LogP) is 3.04. The number of nitrogens with two attached hydrogens (primary N) is 2. The molecule has 0 unspecified atom stereocenters. The summed E-state index contributed by atoms with van der Waals surface area (Å²) < 4.78 is 13.1. The Balaban J connectivity index is 0.000000321. The number of nitrogen functional groups attached to an aromatic ring is 1. The molecule has 2 heterocycles. The van der Waals surface area contributed by atoms with Crippen LogP contribution in [0.5, 0.6) is 0 Å². The van der Waals surface area contributed by atoms with Crippen molar-refractivity contribution in [1.29, 1.82) is 0 Å². The van der Waals surface area contributed by atoms with E-state index in [0.29, 0.717) is 22.8 Å². The van der Waals surface area contributed by atoms with Crippen LogP contribution in [0.15, 0.2) is 36.8 Å². The van der Waals surface area contributed by atoms with Crippen molar-refractivity contribution >= 4 is 39.8 Å². The maximum atomic E-state index is 13.1. The van der Waals surface area contributed by atoms with Crippen LogP contribution in [0, 0.1) is 5.82 Å². The first kappa shape index (κ1) is 20.8. The van der Waals surface area contributed by atoms with Crippen LogP contribution in [0.4, 0.5) is 21.7 Å². The highest BCUT2D eigenvalue weighted by Gasteiger charge is 2.07. The average Bonchev–Trinajstić information content (AvgIpc) is 2.64. The van der Waals surface area contributed by atoms with Gasteiger partial charge in [-0.1, -0.05) is 11.6 Å². The van der Waals surface area contributed by atoms with Crippen LogP contribution in [0.2, 0.25) is 5.02 Å². The third kappa shape index (κ3) is 6.28. The van der Waals surface area contributed by atoms with Crippen molar-refractivity contribution < 1.29 is 4.39 Å². The normalized spacial score (nSPS) is 10.6. The Morgan fingerprint density at radius 2 is 1.96 bits per heavy atom. The fourth-order valence-electron chi connectivity index (χ4n) is 2.19. The van der Waals surface area contributed by atoms with E-state index in [1.165, 1.54) is 18.5 Å². The zero-order chi connectivity index (χ0) is 19.8. The summed E-state index contributed by atoms with van der Waals surface area (Å²) in [6.45, 7) is 1.91. The van der Waals surface area contributed by atoms with Gasteiger partial charge in [-0.05, 0) is 57.9 Å². The second-order valence-corrected chi connectivity index (χ2v) is 6.46. The van der Waals surface area contributed by atoms with Gasteiger partial charge in [-0.15, -0.1) is 0 Å². The summed E-state index contributed by atoms with van der Waals surface area (Å²) in [4.78, 5) is 14.4. The third-order valence-electron chi connectivity index (χ3n) is 3.53. The number of nitrogens with one attached hydrogen (secondary N) is 1. The zero-order valence-electron chi connectivity index (χ0n) is 15.3. The maximum absolute atomic E-state index is 13.1. The first-order valence-electron chi connectivity index (χ1n) is 8.34. The molecule has 0 aliphatic rings. The van der Waals surface area contributed by atoms with Crippen molar-refractivity contribution in [3.8, 4) is 0 Å². The number of aromatic nitrogens is 3. The van der Waals surface area contributed by atoms with E-state index in [2.05, 4.69) is 39.3 Å². The van der Waals surface area contributed by atoms with E-state index in [1.54, 1.807) is 18.3 Å². The molecule has 5 N–H and O–H groups in total. The summed E-state index contributed by atoms with van der Waals surface area (Å²) >= 11 is 5.75. The van der Waals surface area contributed by atoms with E-state index in [4.69, 9.17) is 23.1 Å². The number of pyridine rings is 1. The topological polar surface area (TPSA) is 106 Å². The number of nitrogens with zero attached hydrogens (tertiary/aromatic N) is 4. The van der Waals surface area contributed by atoms with Crippen LogP contribution < -0.4 is 16.8 Å². The second-order valence-electron chi connectivity index (χ2n) is 6.05. The quantitative estimate of drug-likeness (QED) is 0.613. The number of rotatable bonds is 5. The molecule has 27 heavy (non-hydrogen) atoms. The largest absolute Gasteiger partial charge is 0.384 e. The molecule has 3 rings (SSSR count).